The van der Waals surface area contributed by atoms with Crippen molar-refractivity contribution in [1.82, 2.24) is 4.90 Å². The van der Waals surface area contributed by atoms with Crippen LogP contribution in [0.3, 0.4) is 0 Å². The number of nitrogens with zero attached hydrogens (tertiary/aromatic N) is 1. The zero-order valence-electron chi connectivity index (χ0n) is 10.0. The molecular formula is C13H16F2N2O. The Balaban J connectivity index is 2.07. The van der Waals surface area contributed by atoms with Gasteiger partial charge in [-0.15, -0.1) is 0 Å². The minimum absolute atomic E-state index is 0.0341. The Labute approximate surface area is 105 Å². The van der Waals surface area contributed by atoms with E-state index in [4.69, 9.17) is 5.73 Å². The first-order valence-corrected chi connectivity index (χ1v) is 6.04. The van der Waals surface area contributed by atoms with Crippen LogP contribution in [0.5, 0.6) is 0 Å². The number of carbonyl (C=O) groups excluding carboxylic acids is 1. The predicted octanol–water partition coefficient (Wildman–Crippen LogP) is 1.46. The van der Waals surface area contributed by atoms with Gasteiger partial charge in [0.15, 0.2) is 0 Å². The lowest BCUT2D eigenvalue weighted by molar-refractivity contribution is -0.131. The van der Waals surface area contributed by atoms with Gasteiger partial charge in [-0.2, -0.15) is 0 Å². The molecule has 1 heterocycles. The maximum atomic E-state index is 13.4. The first kappa shape index (κ1) is 13.0. The molecule has 98 valence electrons. The molecule has 0 aliphatic carbocycles. The number of piperidine rings is 1. The average Bonchev–Trinajstić information content (AvgIpc) is 2.34. The molecule has 5 heteroatoms. The Morgan fingerprint density at radius 2 is 2.06 bits per heavy atom. The standard InChI is InChI=1S/C13H16F2N2O/c14-11-4-1-5-12(15)10(11)7-13(18)17-6-2-3-9(16)8-17/h1,4-5,9H,2-3,6-8,16H2. The maximum absolute atomic E-state index is 13.4. The van der Waals surface area contributed by atoms with Crippen LogP contribution in [0.4, 0.5) is 8.78 Å². The highest BCUT2D eigenvalue weighted by Crippen LogP contribution is 2.15. The molecule has 1 unspecified atom stereocenters. The topological polar surface area (TPSA) is 46.3 Å². The normalized spacial score (nSPS) is 19.9. The number of halogens is 2. The van der Waals surface area contributed by atoms with Gasteiger partial charge in [0.05, 0.1) is 6.42 Å². The smallest absolute Gasteiger partial charge is 0.227 e. The van der Waals surface area contributed by atoms with Crippen LogP contribution >= 0.6 is 0 Å². The number of nitrogens with two attached hydrogens (primary N) is 1. The van der Waals surface area contributed by atoms with E-state index in [2.05, 4.69) is 0 Å². The van der Waals surface area contributed by atoms with Crippen molar-refractivity contribution >= 4 is 5.91 Å². The summed E-state index contributed by atoms with van der Waals surface area (Å²) >= 11 is 0. The van der Waals surface area contributed by atoms with Crippen LogP contribution in [0.1, 0.15) is 18.4 Å². The van der Waals surface area contributed by atoms with Crippen LogP contribution < -0.4 is 5.73 Å². The molecule has 0 spiro atoms. The summed E-state index contributed by atoms with van der Waals surface area (Å²) in [6.45, 7) is 1.08. The fourth-order valence-corrected chi connectivity index (χ4v) is 2.20. The first-order valence-electron chi connectivity index (χ1n) is 6.04. The van der Waals surface area contributed by atoms with E-state index in [0.717, 1.165) is 25.0 Å². The van der Waals surface area contributed by atoms with Crippen molar-refractivity contribution in [2.45, 2.75) is 25.3 Å². The van der Waals surface area contributed by atoms with Crippen LogP contribution in [-0.4, -0.2) is 29.9 Å². The molecule has 1 atom stereocenters. The molecule has 1 aromatic carbocycles. The number of rotatable bonds is 2. The molecule has 2 rings (SSSR count). The predicted molar refractivity (Wildman–Crippen MR) is 63.9 cm³/mol. The maximum Gasteiger partial charge on any atom is 0.227 e. The number of hydrogen-bond donors (Lipinski definition) is 1. The monoisotopic (exact) mass is 254 g/mol. The molecule has 1 saturated heterocycles. The van der Waals surface area contributed by atoms with Gasteiger partial charge in [0.1, 0.15) is 11.6 Å². The van der Waals surface area contributed by atoms with Gasteiger partial charge < -0.3 is 10.6 Å². The fourth-order valence-electron chi connectivity index (χ4n) is 2.20. The SMILES string of the molecule is NC1CCCN(C(=O)Cc2c(F)cccc2F)C1. The van der Waals surface area contributed by atoms with E-state index < -0.39 is 11.6 Å². The Hall–Kier alpha value is -1.49. The third-order valence-corrected chi connectivity index (χ3v) is 3.20. The van der Waals surface area contributed by atoms with Crippen molar-refractivity contribution in [3.63, 3.8) is 0 Å². The summed E-state index contributed by atoms with van der Waals surface area (Å²) in [5, 5.41) is 0. The molecule has 1 aliphatic rings. The molecule has 1 aliphatic heterocycles. The summed E-state index contributed by atoms with van der Waals surface area (Å²) in [5.41, 5.74) is 5.61. The Morgan fingerprint density at radius 3 is 2.67 bits per heavy atom. The van der Waals surface area contributed by atoms with Gasteiger partial charge in [0.2, 0.25) is 5.91 Å². The van der Waals surface area contributed by atoms with Gasteiger partial charge >= 0.3 is 0 Å². The summed E-state index contributed by atoms with van der Waals surface area (Å²) in [4.78, 5) is 13.5. The van der Waals surface area contributed by atoms with Crippen LogP contribution in [0.2, 0.25) is 0 Å². The molecule has 0 saturated carbocycles. The molecule has 0 bridgehead atoms. The second kappa shape index (κ2) is 5.44. The van der Waals surface area contributed by atoms with Gasteiger partial charge in [-0.1, -0.05) is 6.07 Å². The van der Waals surface area contributed by atoms with Crippen molar-refractivity contribution in [2.75, 3.05) is 13.1 Å². The largest absolute Gasteiger partial charge is 0.341 e. The van der Waals surface area contributed by atoms with Gasteiger partial charge in [-0.25, -0.2) is 8.78 Å². The van der Waals surface area contributed by atoms with E-state index in [1.807, 2.05) is 0 Å². The van der Waals surface area contributed by atoms with E-state index in [1.165, 1.54) is 6.07 Å². The molecule has 3 nitrogen and oxygen atoms in total. The summed E-state index contributed by atoms with van der Waals surface area (Å²) in [6.07, 6.45) is 1.48. The van der Waals surface area contributed by atoms with E-state index in [1.54, 1.807) is 4.90 Å². The average molecular weight is 254 g/mol. The lowest BCUT2D eigenvalue weighted by atomic mass is 10.0. The first-order chi connectivity index (χ1) is 8.58. The Kier molecular flexibility index (Phi) is 3.91. The Bertz CT molecular complexity index is 430. The quantitative estimate of drug-likeness (QED) is 0.868. The van der Waals surface area contributed by atoms with Gasteiger partial charge in [0, 0.05) is 24.7 Å². The highest BCUT2D eigenvalue weighted by molar-refractivity contribution is 5.79. The molecular weight excluding hydrogens is 238 g/mol. The van der Waals surface area contributed by atoms with E-state index >= 15 is 0 Å². The Morgan fingerprint density at radius 1 is 1.39 bits per heavy atom. The second-order valence-corrected chi connectivity index (χ2v) is 4.62. The summed E-state index contributed by atoms with van der Waals surface area (Å²) in [6, 6.07) is 3.57. The molecule has 1 aromatic rings. The lowest BCUT2D eigenvalue weighted by Crippen LogP contribution is -2.46. The van der Waals surface area contributed by atoms with Crippen molar-refractivity contribution < 1.29 is 13.6 Å². The van der Waals surface area contributed by atoms with Crippen molar-refractivity contribution in [3.05, 3.63) is 35.4 Å². The molecule has 1 amide bonds. The summed E-state index contributed by atoms with van der Waals surface area (Å²) in [5.74, 6) is -1.62. The van der Waals surface area contributed by atoms with Crippen molar-refractivity contribution in [1.29, 1.82) is 0 Å². The number of amides is 1. The van der Waals surface area contributed by atoms with E-state index in [9.17, 15) is 13.6 Å². The zero-order valence-corrected chi connectivity index (χ0v) is 10.0. The molecule has 0 aromatic heterocycles. The molecule has 18 heavy (non-hydrogen) atoms. The number of likely N-dealkylation sites (tertiary alicyclic amines) is 1. The third kappa shape index (κ3) is 2.85. The summed E-state index contributed by atoms with van der Waals surface area (Å²) in [7, 11) is 0. The molecule has 0 radical (unpaired) electrons. The molecule has 2 N–H and O–H groups in total. The molecule has 1 fully saturated rings. The van der Waals surface area contributed by atoms with E-state index in [0.29, 0.717) is 13.1 Å². The number of carbonyl (C=O) groups is 1. The van der Waals surface area contributed by atoms with Crippen LogP contribution in [0.15, 0.2) is 18.2 Å². The van der Waals surface area contributed by atoms with Crippen LogP contribution in [0, 0.1) is 11.6 Å². The second-order valence-electron chi connectivity index (χ2n) is 4.62. The summed E-state index contributed by atoms with van der Waals surface area (Å²) < 4.78 is 26.8. The van der Waals surface area contributed by atoms with Crippen molar-refractivity contribution in [2.24, 2.45) is 5.73 Å². The van der Waals surface area contributed by atoms with Crippen molar-refractivity contribution in [3.8, 4) is 0 Å². The minimum atomic E-state index is -0.676. The number of hydrogen-bond acceptors (Lipinski definition) is 2. The lowest BCUT2D eigenvalue weighted by Gasteiger charge is -2.30. The zero-order chi connectivity index (χ0) is 13.1. The van der Waals surface area contributed by atoms with Crippen LogP contribution in [0.25, 0.3) is 0 Å². The van der Waals surface area contributed by atoms with Crippen LogP contribution in [-0.2, 0) is 11.2 Å². The minimum Gasteiger partial charge on any atom is -0.341 e. The fraction of sp³-hybridized carbons (Fsp3) is 0.462. The van der Waals surface area contributed by atoms with Gasteiger partial charge in [-0.05, 0) is 25.0 Å². The highest BCUT2D eigenvalue weighted by Gasteiger charge is 2.23. The van der Waals surface area contributed by atoms with E-state index in [-0.39, 0.29) is 23.9 Å². The van der Waals surface area contributed by atoms with Gasteiger partial charge in [-0.3, -0.25) is 4.79 Å². The third-order valence-electron chi connectivity index (χ3n) is 3.20. The highest BCUT2D eigenvalue weighted by atomic mass is 19.1. The van der Waals surface area contributed by atoms with Gasteiger partial charge in [0.25, 0.3) is 0 Å². The number of benzene rings is 1.